The molecule has 74 valence electrons. The van der Waals surface area contributed by atoms with Crippen molar-refractivity contribution in [2.24, 2.45) is 0 Å². The highest BCUT2D eigenvalue weighted by Gasteiger charge is 2.12. The molecule has 0 unspecified atom stereocenters. The first-order chi connectivity index (χ1) is 6.92. The molecule has 0 radical (unpaired) electrons. The highest BCUT2D eigenvalue weighted by molar-refractivity contribution is 5.69. The first kappa shape index (κ1) is 9.47. The summed E-state index contributed by atoms with van der Waals surface area (Å²) in [6.07, 6.45) is 2.16. The van der Waals surface area contributed by atoms with E-state index in [0.29, 0.717) is 0 Å². The van der Waals surface area contributed by atoms with Gasteiger partial charge in [-0.2, -0.15) is 0 Å². The average Bonchev–Trinajstić information content (AvgIpc) is 2.30. The van der Waals surface area contributed by atoms with Crippen molar-refractivity contribution in [3.63, 3.8) is 0 Å². The van der Waals surface area contributed by atoms with Gasteiger partial charge in [0.1, 0.15) is 0 Å². The van der Waals surface area contributed by atoms with Crippen molar-refractivity contribution in [2.45, 2.75) is 19.8 Å². The zero-order valence-corrected chi connectivity index (χ0v) is 8.62. The molecule has 1 aromatic carbocycles. The molecule has 0 bridgehead atoms. The van der Waals surface area contributed by atoms with Crippen molar-refractivity contribution in [3.8, 4) is 0 Å². The fraction of sp³-hybridized carbons (Fsp3) is 0.385. The number of rotatable bonds is 2. The van der Waals surface area contributed by atoms with Gasteiger partial charge in [0.25, 0.3) is 0 Å². The van der Waals surface area contributed by atoms with Crippen molar-refractivity contribution < 1.29 is 4.74 Å². The van der Waals surface area contributed by atoms with Crippen LogP contribution in [-0.4, -0.2) is 13.2 Å². The zero-order chi connectivity index (χ0) is 9.80. The fourth-order valence-corrected chi connectivity index (χ4v) is 1.94. The molecule has 0 N–H and O–H groups in total. The van der Waals surface area contributed by atoms with Crippen LogP contribution < -0.4 is 0 Å². The molecule has 1 heteroatoms. The summed E-state index contributed by atoms with van der Waals surface area (Å²) < 4.78 is 5.47. The van der Waals surface area contributed by atoms with Gasteiger partial charge < -0.3 is 4.74 Å². The van der Waals surface area contributed by atoms with Gasteiger partial charge in [0.05, 0.1) is 13.2 Å². The lowest BCUT2D eigenvalue weighted by Gasteiger charge is -2.20. The summed E-state index contributed by atoms with van der Waals surface area (Å²) in [7, 11) is 0. The van der Waals surface area contributed by atoms with Crippen LogP contribution in [0.25, 0.3) is 5.57 Å². The van der Waals surface area contributed by atoms with Crippen molar-refractivity contribution in [2.75, 3.05) is 13.2 Å². The van der Waals surface area contributed by atoms with Crippen LogP contribution in [0, 0.1) is 0 Å². The Morgan fingerprint density at radius 3 is 2.71 bits per heavy atom. The van der Waals surface area contributed by atoms with E-state index < -0.39 is 0 Å². The van der Waals surface area contributed by atoms with Crippen LogP contribution in [-0.2, 0) is 4.74 Å². The highest BCUT2D eigenvalue weighted by Crippen LogP contribution is 2.27. The summed E-state index contributed by atoms with van der Waals surface area (Å²) in [6, 6.07) is 10.7. The quantitative estimate of drug-likeness (QED) is 0.692. The monoisotopic (exact) mass is 188 g/mol. The second-order valence-corrected chi connectivity index (χ2v) is 3.60. The van der Waals surface area contributed by atoms with Crippen molar-refractivity contribution in [3.05, 3.63) is 41.5 Å². The van der Waals surface area contributed by atoms with Gasteiger partial charge in [-0.1, -0.05) is 37.3 Å². The van der Waals surface area contributed by atoms with Crippen LogP contribution in [0.3, 0.4) is 0 Å². The molecular weight excluding hydrogens is 172 g/mol. The fourth-order valence-electron chi connectivity index (χ4n) is 1.94. The Morgan fingerprint density at radius 2 is 2.00 bits per heavy atom. The summed E-state index contributed by atoms with van der Waals surface area (Å²) in [4.78, 5) is 0. The molecule has 0 atom stereocenters. The van der Waals surface area contributed by atoms with E-state index in [1.807, 2.05) is 0 Å². The van der Waals surface area contributed by atoms with E-state index in [-0.39, 0.29) is 0 Å². The third kappa shape index (κ3) is 1.88. The molecule has 0 aromatic heterocycles. The number of hydrogen-bond donors (Lipinski definition) is 0. The molecule has 1 nitrogen and oxygen atoms in total. The summed E-state index contributed by atoms with van der Waals surface area (Å²) in [5, 5.41) is 0. The van der Waals surface area contributed by atoms with E-state index in [9.17, 15) is 0 Å². The second-order valence-electron chi connectivity index (χ2n) is 3.60. The molecule has 1 aliphatic rings. The molecule has 0 aliphatic carbocycles. The van der Waals surface area contributed by atoms with E-state index in [4.69, 9.17) is 4.74 Å². The van der Waals surface area contributed by atoms with Gasteiger partial charge in [0, 0.05) is 0 Å². The minimum absolute atomic E-state index is 0.820. The van der Waals surface area contributed by atoms with Crippen LogP contribution in [0.4, 0.5) is 0 Å². The van der Waals surface area contributed by atoms with Gasteiger partial charge in [-0.25, -0.2) is 0 Å². The molecule has 1 aliphatic heterocycles. The molecule has 2 rings (SSSR count). The van der Waals surface area contributed by atoms with Gasteiger partial charge in [0.15, 0.2) is 0 Å². The van der Waals surface area contributed by atoms with E-state index in [1.54, 1.807) is 0 Å². The minimum Gasteiger partial charge on any atom is -0.377 e. The lowest BCUT2D eigenvalue weighted by Crippen LogP contribution is -2.10. The normalized spacial score (nSPS) is 17.2. The van der Waals surface area contributed by atoms with Gasteiger partial charge >= 0.3 is 0 Å². The Morgan fingerprint density at radius 1 is 1.21 bits per heavy atom. The lowest BCUT2D eigenvalue weighted by atomic mass is 9.95. The molecule has 1 heterocycles. The maximum Gasteiger partial charge on any atom is 0.0682 e. The van der Waals surface area contributed by atoms with Crippen LogP contribution in [0.15, 0.2) is 35.9 Å². The first-order valence-electron chi connectivity index (χ1n) is 5.26. The Bertz CT molecular complexity index is 324. The topological polar surface area (TPSA) is 9.23 Å². The summed E-state index contributed by atoms with van der Waals surface area (Å²) in [5.41, 5.74) is 4.33. The third-order valence-corrected chi connectivity index (χ3v) is 2.75. The van der Waals surface area contributed by atoms with Crippen molar-refractivity contribution in [1.82, 2.24) is 0 Å². The Balaban J connectivity index is 2.35. The van der Waals surface area contributed by atoms with E-state index in [0.717, 1.165) is 26.1 Å². The zero-order valence-electron chi connectivity index (χ0n) is 8.62. The van der Waals surface area contributed by atoms with Crippen molar-refractivity contribution in [1.29, 1.82) is 0 Å². The maximum absolute atomic E-state index is 5.47. The van der Waals surface area contributed by atoms with Crippen LogP contribution >= 0.6 is 0 Å². The molecule has 0 fully saturated rings. The Kier molecular flexibility index (Phi) is 3.00. The highest BCUT2D eigenvalue weighted by atomic mass is 16.5. The van der Waals surface area contributed by atoms with Gasteiger partial charge in [0.2, 0.25) is 0 Å². The number of ether oxygens (including phenoxy) is 1. The molecule has 1 aromatic rings. The van der Waals surface area contributed by atoms with E-state index in [1.165, 1.54) is 16.7 Å². The van der Waals surface area contributed by atoms with Crippen LogP contribution in [0.5, 0.6) is 0 Å². The number of hydrogen-bond acceptors (Lipinski definition) is 1. The smallest absolute Gasteiger partial charge is 0.0682 e. The first-order valence-corrected chi connectivity index (χ1v) is 5.26. The largest absolute Gasteiger partial charge is 0.377 e. The summed E-state index contributed by atoms with van der Waals surface area (Å²) in [5.74, 6) is 0. The Hall–Kier alpha value is -1.08. The van der Waals surface area contributed by atoms with Crippen LogP contribution in [0.1, 0.15) is 25.3 Å². The molecule has 14 heavy (non-hydrogen) atoms. The SMILES string of the molecule is CCC1=C(c2ccccc2)CCOC1. The Labute approximate surface area is 85.4 Å². The van der Waals surface area contributed by atoms with Gasteiger partial charge in [-0.05, 0) is 29.6 Å². The van der Waals surface area contributed by atoms with Gasteiger partial charge in [-0.3, -0.25) is 0 Å². The molecule has 0 amide bonds. The molecule has 0 spiro atoms. The van der Waals surface area contributed by atoms with E-state index in [2.05, 4.69) is 37.3 Å². The van der Waals surface area contributed by atoms with Gasteiger partial charge in [-0.15, -0.1) is 0 Å². The van der Waals surface area contributed by atoms with Crippen LogP contribution in [0.2, 0.25) is 0 Å². The predicted molar refractivity (Wildman–Crippen MR) is 59.1 cm³/mol. The lowest BCUT2D eigenvalue weighted by molar-refractivity contribution is 0.152. The maximum atomic E-state index is 5.47. The summed E-state index contributed by atoms with van der Waals surface area (Å²) in [6.45, 7) is 3.89. The average molecular weight is 188 g/mol. The van der Waals surface area contributed by atoms with Crippen molar-refractivity contribution >= 4 is 5.57 Å². The minimum atomic E-state index is 0.820. The third-order valence-electron chi connectivity index (χ3n) is 2.75. The predicted octanol–water partition coefficient (Wildman–Crippen LogP) is 3.27. The number of benzene rings is 1. The standard InChI is InChI=1S/C13H16O/c1-2-11-10-14-9-8-13(11)12-6-4-3-5-7-12/h3-7H,2,8-10H2,1H3. The second kappa shape index (κ2) is 4.43. The molecule has 0 saturated carbocycles. The molecular formula is C13H16O. The van der Waals surface area contributed by atoms with E-state index >= 15 is 0 Å². The summed E-state index contributed by atoms with van der Waals surface area (Å²) >= 11 is 0. The molecule has 0 saturated heterocycles.